The molecule has 26 heavy (non-hydrogen) atoms. The second-order valence-electron chi connectivity index (χ2n) is 5.90. The molecule has 0 aliphatic rings. The van der Waals surface area contributed by atoms with E-state index >= 15 is 0 Å². The van der Waals surface area contributed by atoms with Gasteiger partial charge in [-0.2, -0.15) is 5.10 Å². The van der Waals surface area contributed by atoms with Crippen LogP contribution < -0.4 is 15.6 Å². The number of anilines is 1. The molecular formula is C19H21BrN4O2. The number of benzene rings is 2. The van der Waals surface area contributed by atoms with Gasteiger partial charge in [-0.05, 0) is 52.7 Å². The molecule has 0 aliphatic carbocycles. The van der Waals surface area contributed by atoms with Gasteiger partial charge in [0.1, 0.15) is 6.04 Å². The van der Waals surface area contributed by atoms with Gasteiger partial charge in [0.15, 0.2) is 0 Å². The fraction of sp³-hybridized carbons (Fsp3) is 0.211. The van der Waals surface area contributed by atoms with E-state index in [0.29, 0.717) is 10.0 Å². The van der Waals surface area contributed by atoms with Gasteiger partial charge in [0.2, 0.25) is 0 Å². The lowest BCUT2D eigenvalue weighted by atomic mass is 10.2. The van der Waals surface area contributed by atoms with Gasteiger partial charge >= 0.3 is 0 Å². The molecule has 0 saturated heterocycles. The Morgan fingerprint density at radius 2 is 1.77 bits per heavy atom. The van der Waals surface area contributed by atoms with Crippen LogP contribution in [0.2, 0.25) is 0 Å². The van der Waals surface area contributed by atoms with E-state index in [-0.39, 0.29) is 5.91 Å². The zero-order valence-corrected chi connectivity index (χ0v) is 16.4. The number of nitrogens with one attached hydrogen (secondary N) is 2. The van der Waals surface area contributed by atoms with Crippen LogP contribution in [0.3, 0.4) is 0 Å². The second kappa shape index (κ2) is 9.15. The fourth-order valence-corrected chi connectivity index (χ4v) is 2.58. The number of carbonyl (C=O) groups excluding carboxylic acids is 2. The number of halogens is 1. The summed E-state index contributed by atoms with van der Waals surface area (Å²) in [5, 5.41) is 6.58. The van der Waals surface area contributed by atoms with E-state index in [4.69, 9.17) is 0 Å². The molecule has 1 unspecified atom stereocenters. The molecule has 0 saturated carbocycles. The van der Waals surface area contributed by atoms with Crippen LogP contribution in [0.5, 0.6) is 0 Å². The van der Waals surface area contributed by atoms with E-state index in [1.54, 1.807) is 31.3 Å². The van der Waals surface area contributed by atoms with Crippen molar-refractivity contribution in [2.24, 2.45) is 5.10 Å². The van der Waals surface area contributed by atoms with E-state index < -0.39 is 11.9 Å². The number of hydrogen-bond acceptors (Lipinski definition) is 4. The predicted molar refractivity (Wildman–Crippen MR) is 108 cm³/mol. The van der Waals surface area contributed by atoms with E-state index in [9.17, 15) is 9.59 Å². The molecule has 0 radical (unpaired) electrons. The molecule has 0 heterocycles. The van der Waals surface area contributed by atoms with Crippen LogP contribution >= 0.6 is 15.9 Å². The number of hydrogen-bond donors (Lipinski definition) is 2. The Hall–Kier alpha value is -2.67. The van der Waals surface area contributed by atoms with Crippen molar-refractivity contribution < 1.29 is 9.59 Å². The van der Waals surface area contributed by atoms with Crippen molar-refractivity contribution >= 4 is 39.6 Å². The fourth-order valence-electron chi connectivity index (χ4n) is 2.11. The van der Waals surface area contributed by atoms with Gasteiger partial charge < -0.3 is 10.2 Å². The number of carbonyl (C=O) groups is 2. The molecule has 0 fully saturated rings. The van der Waals surface area contributed by atoms with Gasteiger partial charge in [-0.3, -0.25) is 9.59 Å². The molecule has 7 heteroatoms. The van der Waals surface area contributed by atoms with Crippen LogP contribution in [0.4, 0.5) is 5.69 Å². The maximum absolute atomic E-state index is 12.2. The highest BCUT2D eigenvalue weighted by atomic mass is 79.9. The highest BCUT2D eigenvalue weighted by Gasteiger charge is 2.17. The summed E-state index contributed by atoms with van der Waals surface area (Å²) in [5.41, 5.74) is 4.84. The molecule has 2 N–H and O–H groups in total. The summed E-state index contributed by atoms with van der Waals surface area (Å²) in [4.78, 5) is 26.3. The molecule has 2 aromatic rings. The highest BCUT2D eigenvalue weighted by Crippen LogP contribution is 2.15. The topological polar surface area (TPSA) is 73.8 Å². The number of amides is 2. The first-order chi connectivity index (χ1) is 12.4. The van der Waals surface area contributed by atoms with E-state index in [2.05, 4.69) is 31.8 Å². The Balaban J connectivity index is 1.88. The van der Waals surface area contributed by atoms with Crippen LogP contribution in [0.15, 0.2) is 58.1 Å². The second-order valence-corrected chi connectivity index (χ2v) is 6.75. The summed E-state index contributed by atoms with van der Waals surface area (Å²) < 4.78 is 0.671. The summed E-state index contributed by atoms with van der Waals surface area (Å²) in [6, 6.07) is 14.0. The van der Waals surface area contributed by atoms with Gasteiger partial charge in [0.05, 0.1) is 11.8 Å². The summed E-state index contributed by atoms with van der Waals surface area (Å²) in [5.74, 6) is -0.727. The maximum Gasteiger partial charge on any atom is 0.262 e. The lowest BCUT2D eigenvalue weighted by Gasteiger charge is -2.13. The molecule has 2 amide bonds. The Bertz CT molecular complexity index is 803. The molecule has 0 aromatic heterocycles. The molecule has 0 aliphatic heterocycles. The largest absolute Gasteiger partial charge is 0.378 e. The van der Waals surface area contributed by atoms with Crippen LogP contribution in [0.25, 0.3) is 0 Å². The standard InChI is InChI=1S/C19H21BrN4O2/c1-13(22-19(26)16-6-4-5-7-17(16)20)18(25)23-21-12-14-8-10-15(11-9-14)24(2)3/h4-13H,1-3H3,(H,22,26)(H,23,25). The van der Waals surface area contributed by atoms with Crippen molar-refractivity contribution in [1.82, 2.24) is 10.7 Å². The quantitative estimate of drug-likeness (QED) is 0.561. The van der Waals surface area contributed by atoms with Crippen molar-refractivity contribution in [2.75, 3.05) is 19.0 Å². The van der Waals surface area contributed by atoms with Gasteiger partial charge in [0.25, 0.3) is 11.8 Å². The highest BCUT2D eigenvalue weighted by molar-refractivity contribution is 9.10. The average Bonchev–Trinajstić information content (AvgIpc) is 2.62. The number of rotatable bonds is 6. The summed E-state index contributed by atoms with van der Waals surface area (Å²) in [6.07, 6.45) is 1.56. The van der Waals surface area contributed by atoms with Crippen molar-refractivity contribution in [3.05, 3.63) is 64.1 Å². The summed E-state index contributed by atoms with van der Waals surface area (Å²) in [6.45, 7) is 1.60. The lowest BCUT2D eigenvalue weighted by Crippen LogP contribution is -2.43. The summed E-state index contributed by atoms with van der Waals surface area (Å²) >= 11 is 3.32. The van der Waals surface area contributed by atoms with E-state index in [0.717, 1.165) is 11.3 Å². The van der Waals surface area contributed by atoms with Crippen molar-refractivity contribution in [3.8, 4) is 0 Å². The Morgan fingerprint density at radius 1 is 1.12 bits per heavy atom. The molecule has 0 bridgehead atoms. The van der Waals surface area contributed by atoms with E-state index in [1.807, 2.05) is 49.3 Å². The van der Waals surface area contributed by atoms with Gasteiger partial charge in [-0.15, -0.1) is 0 Å². The predicted octanol–water partition coefficient (Wildman–Crippen LogP) is 2.78. The smallest absolute Gasteiger partial charge is 0.262 e. The van der Waals surface area contributed by atoms with Gasteiger partial charge in [-0.25, -0.2) is 5.43 Å². The van der Waals surface area contributed by atoms with E-state index in [1.165, 1.54) is 0 Å². The first-order valence-corrected chi connectivity index (χ1v) is 8.83. The van der Waals surface area contributed by atoms with Crippen molar-refractivity contribution in [2.45, 2.75) is 13.0 Å². The third kappa shape index (κ3) is 5.42. The van der Waals surface area contributed by atoms with Gasteiger partial charge in [0, 0.05) is 24.3 Å². The molecule has 136 valence electrons. The minimum absolute atomic E-state index is 0.330. The normalized spacial score (nSPS) is 11.8. The lowest BCUT2D eigenvalue weighted by molar-refractivity contribution is -0.122. The molecule has 2 aromatic carbocycles. The SMILES string of the molecule is CC(NC(=O)c1ccccc1Br)C(=O)NN=Cc1ccc(N(C)C)cc1. The third-order valence-electron chi connectivity index (χ3n) is 3.66. The third-order valence-corrected chi connectivity index (χ3v) is 4.35. The molecule has 2 rings (SSSR count). The zero-order chi connectivity index (χ0) is 19.1. The number of hydrazone groups is 1. The van der Waals surface area contributed by atoms with Crippen LogP contribution in [-0.2, 0) is 4.79 Å². The van der Waals surface area contributed by atoms with Crippen molar-refractivity contribution in [3.63, 3.8) is 0 Å². The Labute approximate surface area is 161 Å². The monoisotopic (exact) mass is 416 g/mol. The number of nitrogens with zero attached hydrogens (tertiary/aromatic N) is 2. The van der Waals surface area contributed by atoms with Crippen molar-refractivity contribution in [1.29, 1.82) is 0 Å². The Morgan fingerprint density at radius 3 is 2.38 bits per heavy atom. The zero-order valence-electron chi connectivity index (χ0n) is 14.9. The van der Waals surface area contributed by atoms with Crippen LogP contribution in [-0.4, -0.2) is 38.2 Å². The minimum atomic E-state index is -0.720. The molecule has 1 atom stereocenters. The van der Waals surface area contributed by atoms with Crippen LogP contribution in [0.1, 0.15) is 22.8 Å². The first-order valence-electron chi connectivity index (χ1n) is 8.04. The Kier molecular flexibility index (Phi) is 6.91. The average molecular weight is 417 g/mol. The summed E-state index contributed by atoms with van der Waals surface area (Å²) in [7, 11) is 3.93. The molecule has 6 nitrogen and oxygen atoms in total. The van der Waals surface area contributed by atoms with Crippen LogP contribution in [0, 0.1) is 0 Å². The maximum atomic E-state index is 12.2. The molecule has 0 spiro atoms. The van der Waals surface area contributed by atoms with Gasteiger partial charge in [-0.1, -0.05) is 24.3 Å². The minimum Gasteiger partial charge on any atom is -0.378 e. The first kappa shape index (κ1) is 19.7. The molecular weight excluding hydrogens is 396 g/mol.